The number of nitrogens with zero attached hydrogens (tertiary/aromatic N) is 3. The summed E-state index contributed by atoms with van der Waals surface area (Å²) in [5.41, 5.74) is 0.824. The molecule has 1 saturated carbocycles. The van der Waals surface area contributed by atoms with Crippen molar-refractivity contribution in [1.29, 1.82) is 0 Å². The summed E-state index contributed by atoms with van der Waals surface area (Å²) in [5, 5.41) is 6.16. The summed E-state index contributed by atoms with van der Waals surface area (Å²) >= 11 is 0. The first-order valence-electron chi connectivity index (χ1n) is 8.49. The summed E-state index contributed by atoms with van der Waals surface area (Å²) in [6, 6.07) is 12.5. The molecule has 0 spiro atoms. The fourth-order valence-electron chi connectivity index (χ4n) is 2.55. The number of hydrogen-bond donors (Lipinski definition) is 2. The van der Waals surface area contributed by atoms with Gasteiger partial charge < -0.3 is 10.6 Å². The zero-order chi connectivity index (χ0) is 18.9. The third-order valence-corrected chi connectivity index (χ3v) is 4.03. The van der Waals surface area contributed by atoms with Gasteiger partial charge in [-0.3, -0.25) is 4.98 Å². The lowest BCUT2D eigenvalue weighted by Crippen LogP contribution is -2.08. The third-order valence-electron chi connectivity index (χ3n) is 4.03. The lowest BCUT2D eigenvalue weighted by molar-refractivity contribution is -0.137. The molecule has 0 unspecified atom stereocenters. The molecule has 0 radical (unpaired) electrons. The molecule has 0 amide bonds. The van der Waals surface area contributed by atoms with E-state index in [2.05, 4.69) is 25.6 Å². The first-order valence-corrected chi connectivity index (χ1v) is 8.49. The second-order valence-corrected chi connectivity index (χ2v) is 6.30. The molecule has 4 rings (SSSR count). The molecule has 138 valence electrons. The minimum absolute atomic E-state index is 0.299. The summed E-state index contributed by atoms with van der Waals surface area (Å²) in [6.07, 6.45) is -0.645. The van der Waals surface area contributed by atoms with Crippen LogP contribution >= 0.6 is 0 Å². The number of aromatic nitrogens is 3. The van der Waals surface area contributed by atoms with Gasteiger partial charge in [0.1, 0.15) is 5.82 Å². The van der Waals surface area contributed by atoms with Crippen molar-refractivity contribution in [2.45, 2.75) is 25.1 Å². The molecule has 3 aromatic rings. The molecule has 27 heavy (non-hydrogen) atoms. The Kier molecular flexibility index (Phi) is 4.39. The SMILES string of the molecule is FC(F)(F)c1cccc(Nc2cc(-c3ccccn3)nc(NC3CC3)n2)c1. The summed E-state index contributed by atoms with van der Waals surface area (Å²) < 4.78 is 38.8. The van der Waals surface area contributed by atoms with Gasteiger partial charge in [-0.25, -0.2) is 4.98 Å². The molecule has 2 heterocycles. The Morgan fingerprint density at radius 1 is 0.926 bits per heavy atom. The number of nitrogens with one attached hydrogen (secondary N) is 2. The molecule has 0 saturated heterocycles. The van der Waals surface area contributed by atoms with Crippen molar-refractivity contribution in [3.63, 3.8) is 0 Å². The molecular formula is C19H16F3N5. The Morgan fingerprint density at radius 3 is 2.48 bits per heavy atom. The van der Waals surface area contributed by atoms with Crippen LogP contribution in [0.15, 0.2) is 54.7 Å². The fourth-order valence-corrected chi connectivity index (χ4v) is 2.55. The van der Waals surface area contributed by atoms with Gasteiger partial charge in [-0.05, 0) is 43.2 Å². The van der Waals surface area contributed by atoms with Crippen molar-refractivity contribution < 1.29 is 13.2 Å². The highest BCUT2D eigenvalue weighted by Gasteiger charge is 2.30. The van der Waals surface area contributed by atoms with Gasteiger partial charge in [0, 0.05) is 24.0 Å². The smallest absolute Gasteiger partial charge is 0.351 e. The van der Waals surface area contributed by atoms with Crippen molar-refractivity contribution in [3.05, 3.63) is 60.3 Å². The topological polar surface area (TPSA) is 62.7 Å². The second-order valence-electron chi connectivity index (χ2n) is 6.30. The first kappa shape index (κ1) is 17.3. The van der Waals surface area contributed by atoms with Crippen LogP contribution in [0.3, 0.4) is 0 Å². The van der Waals surface area contributed by atoms with Gasteiger partial charge >= 0.3 is 6.18 Å². The van der Waals surface area contributed by atoms with Gasteiger partial charge in [-0.15, -0.1) is 0 Å². The predicted octanol–water partition coefficient (Wildman–Crippen LogP) is 4.88. The summed E-state index contributed by atoms with van der Waals surface area (Å²) in [5.74, 6) is 0.822. The highest BCUT2D eigenvalue weighted by atomic mass is 19.4. The number of anilines is 3. The molecule has 0 bridgehead atoms. The highest BCUT2D eigenvalue weighted by Crippen LogP contribution is 2.32. The van der Waals surface area contributed by atoms with E-state index >= 15 is 0 Å². The number of rotatable bonds is 5. The maximum atomic E-state index is 12.9. The van der Waals surface area contributed by atoms with Crippen LogP contribution in [0.1, 0.15) is 18.4 Å². The Labute approximate surface area is 153 Å². The average molecular weight is 371 g/mol. The van der Waals surface area contributed by atoms with Gasteiger partial charge in [0.2, 0.25) is 5.95 Å². The largest absolute Gasteiger partial charge is 0.416 e. The normalized spacial score (nSPS) is 14.0. The minimum Gasteiger partial charge on any atom is -0.351 e. The van der Waals surface area contributed by atoms with E-state index < -0.39 is 11.7 Å². The number of halogens is 3. The Balaban J connectivity index is 1.67. The van der Waals surface area contributed by atoms with Crippen LogP contribution in [-0.2, 0) is 6.18 Å². The first-order chi connectivity index (χ1) is 13.0. The Morgan fingerprint density at radius 2 is 1.78 bits per heavy atom. The van der Waals surface area contributed by atoms with E-state index in [0.717, 1.165) is 25.0 Å². The molecule has 0 aliphatic heterocycles. The van der Waals surface area contributed by atoms with Gasteiger partial charge in [-0.2, -0.15) is 18.2 Å². The van der Waals surface area contributed by atoms with Crippen molar-refractivity contribution in [2.75, 3.05) is 10.6 Å². The molecule has 0 atom stereocenters. The molecule has 5 nitrogen and oxygen atoms in total. The van der Waals surface area contributed by atoms with E-state index in [4.69, 9.17) is 0 Å². The molecule has 2 N–H and O–H groups in total. The molecular weight excluding hydrogens is 355 g/mol. The number of hydrogen-bond acceptors (Lipinski definition) is 5. The molecule has 1 aliphatic carbocycles. The van der Waals surface area contributed by atoms with Crippen LogP contribution in [-0.4, -0.2) is 21.0 Å². The summed E-state index contributed by atoms with van der Waals surface area (Å²) in [7, 11) is 0. The number of alkyl halides is 3. The Hall–Kier alpha value is -3.16. The minimum atomic E-state index is -4.40. The van der Waals surface area contributed by atoms with Crippen molar-refractivity contribution in [2.24, 2.45) is 0 Å². The van der Waals surface area contributed by atoms with E-state index in [1.54, 1.807) is 24.4 Å². The van der Waals surface area contributed by atoms with Crippen molar-refractivity contribution in [3.8, 4) is 11.4 Å². The van der Waals surface area contributed by atoms with Gasteiger partial charge in [0.05, 0.1) is 17.0 Å². The summed E-state index contributed by atoms with van der Waals surface area (Å²) in [6.45, 7) is 0. The van der Waals surface area contributed by atoms with Crippen LogP contribution in [0.4, 0.5) is 30.6 Å². The number of benzene rings is 1. The summed E-state index contributed by atoms with van der Waals surface area (Å²) in [4.78, 5) is 13.1. The van der Waals surface area contributed by atoms with E-state index in [-0.39, 0.29) is 0 Å². The van der Waals surface area contributed by atoms with Gasteiger partial charge in [0.25, 0.3) is 0 Å². The van der Waals surface area contributed by atoms with Crippen LogP contribution in [0.25, 0.3) is 11.4 Å². The second kappa shape index (κ2) is 6.86. The van der Waals surface area contributed by atoms with Crippen LogP contribution in [0, 0.1) is 0 Å². The van der Waals surface area contributed by atoms with E-state index in [0.29, 0.717) is 34.9 Å². The zero-order valence-electron chi connectivity index (χ0n) is 14.2. The molecule has 1 aliphatic rings. The van der Waals surface area contributed by atoms with Crippen LogP contribution in [0.2, 0.25) is 0 Å². The Bertz CT molecular complexity index is 940. The van der Waals surface area contributed by atoms with Gasteiger partial charge in [-0.1, -0.05) is 12.1 Å². The molecule has 8 heteroatoms. The molecule has 1 fully saturated rings. The third kappa shape index (κ3) is 4.33. The average Bonchev–Trinajstić information content (AvgIpc) is 3.46. The quantitative estimate of drug-likeness (QED) is 0.670. The van der Waals surface area contributed by atoms with E-state index in [1.165, 1.54) is 6.07 Å². The van der Waals surface area contributed by atoms with E-state index in [1.807, 2.05) is 12.1 Å². The number of pyridine rings is 1. The molecule has 1 aromatic carbocycles. The van der Waals surface area contributed by atoms with Gasteiger partial charge in [0.15, 0.2) is 0 Å². The monoisotopic (exact) mass is 371 g/mol. The lowest BCUT2D eigenvalue weighted by atomic mass is 10.2. The van der Waals surface area contributed by atoms with Crippen molar-refractivity contribution >= 4 is 17.5 Å². The van der Waals surface area contributed by atoms with Crippen LogP contribution < -0.4 is 10.6 Å². The lowest BCUT2D eigenvalue weighted by Gasteiger charge is -2.12. The molecule has 2 aromatic heterocycles. The predicted molar refractivity (Wildman–Crippen MR) is 96.6 cm³/mol. The zero-order valence-corrected chi connectivity index (χ0v) is 14.2. The maximum absolute atomic E-state index is 12.9. The maximum Gasteiger partial charge on any atom is 0.416 e. The highest BCUT2D eigenvalue weighted by molar-refractivity contribution is 5.65. The fraction of sp³-hybridized carbons (Fsp3) is 0.211. The standard InChI is InChI=1S/C19H16F3N5/c20-19(21,22)12-4-3-5-14(10-12)24-17-11-16(15-6-1-2-9-23-15)26-18(27-17)25-13-7-8-13/h1-6,9-11,13H,7-8H2,(H2,24,25,26,27). The van der Waals surface area contributed by atoms with Crippen LogP contribution in [0.5, 0.6) is 0 Å². The van der Waals surface area contributed by atoms with Crippen molar-refractivity contribution in [1.82, 2.24) is 15.0 Å². The van der Waals surface area contributed by atoms with E-state index in [9.17, 15) is 13.2 Å².